The number of ether oxygens (including phenoxy) is 3. The van der Waals surface area contributed by atoms with E-state index in [1.54, 1.807) is 6.92 Å². The van der Waals surface area contributed by atoms with Gasteiger partial charge in [0.2, 0.25) is 6.79 Å². The molecule has 0 bridgehead atoms. The smallest absolute Gasteiger partial charge is 0.311 e. The molecule has 5 heteroatoms. The maximum Gasteiger partial charge on any atom is 0.311 e. The molecule has 0 fully saturated rings. The SMILES string of the molecule is CCOC(=O)[C@H](CO)CCc1ccc2c(c1)OCO2. The van der Waals surface area contributed by atoms with Gasteiger partial charge in [-0.25, -0.2) is 0 Å². The summed E-state index contributed by atoms with van der Waals surface area (Å²) in [6.45, 7) is 2.15. The summed E-state index contributed by atoms with van der Waals surface area (Å²) >= 11 is 0. The van der Waals surface area contributed by atoms with Crippen molar-refractivity contribution < 1.29 is 24.1 Å². The van der Waals surface area contributed by atoms with E-state index in [0.717, 1.165) is 17.1 Å². The predicted molar refractivity (Wildman–Crippen MR) is 68.1 cm³/mol. The third-order valence-corrected chi connectivity index (χ3v) is 3.06. The second-order valence-corrected chi connectivity index (χ2v) is 4.36. The van der Waals surface area contributed by atoms with E-state index in [1.807, 2.05) is 18.2 Å². The van der Waals surface area contributed by atoms with Gasteiger partial charge in [0.05, 0.1) is 19.1 Å². The lowest BCUT2D eigenvalue weighted by Gasteiger charge is -2.12. The average Bonchev–Trinajstić information content (AvgIpc) is 2.87. The number of esters is 1. The Morgan fingerprint density at radius 1 is 1.42 bits per heavy atom. The minimum absolute atomic E-state index is 0.191. The molecule has 19 heavy (non-hydrogen) atoms. The molecule has 0 saturated carbocycles. The first-order valence-electron chi connectivity index (χ1n) is 6.40. The summed E-state index contributed by atoms with van der Waals surface area (Å²) in [5.41, 5.74) is 1.05. The molecule has 1 aliphatic heterocycles. The van der Waals surface area contributed by atoms with Crippen LogP contribution in [-0.2, 0) is 16.0 Å². The predicted octanol–water partition coefficient (Wildman–Crippen LogP) is 1.52. The summed E-state index contributed by atoms with van der Waals surface area (Å²) < 4.78 is 15.4. The van der Waals surface area contributed by atoms with E-state index >= 15 is 0 Å². The Bertz CT molecular complexity index is 443. The van der Waals surface area contributed by atoms with Gasteiger partial charge in [-0.05, 0) is 37.5 Å². The van der Waals surface area contributed by atoms with Gasteiger partial charge in [0, 0.05) is 0 Å². The lowest BCUT2D eigenvalue weighted by molar-refractivity contribution is -0.149. The molecule has 1 aromatic carbocycles. The minimum atomic E-state index is -0.467. The van der Waals surface area contributed by atoms with Crippen LogP contribution >= 0.6 is 0 Å². The number of fused-ring (bicyclic) bond motifs is 1. The largest absolute Gasteiger partial charge is 0.466 e. The van der Waals surface area contributed by atoms with E-state index in [0.29, 0.717) is 19.4 Å². The van der Waals surface area contributed by atoms with Crippen molar-refractivity contribution in [3.8, 4) is 11.5 Å². The lowest BCUT2D eigenvalue weighted by Crippen LogP contribution is -2.21. The summed E-state index contributed by atoms with van der Waals surface area (Å²) in [7, 11) is 0. The standard InChI is InChI=1S/C14H18O5/c1-2-17-14(16)11(8-15)5-3-10-4-6-12-13(7-10)19-9-18-12/h4,6-7,11,15H,2-3,5,8-9H2,1H3/t11-/m0/s1. The van der Waals surface area contributed by atoms with Gasteiger partial charge in [0.25, 0.3) is 0 Å². The molecule has 5 nitrogen and oxygen atoms in total. The van der Waals surface area contributed by atoms with E-state index in [2.05, 4.69) is 0 Å². The van der Waals surface area contributed by atoms with Crippen LogP contribution in [-0.4, -0.2) is 31.1 Å². The third kappa shape index (κ3) is 3.38. The molecule has 1 aliphatic rings. The Morgan fingerprint density at radius 2 is 2.21 bits per heavy atom. The number of carbonyl (C=O) groups excluding carboxylic acids is 1. The van der Waals surface area contributed by atoms with Gasteiger partial charge in [-0.2, -0.15) is 0 Å². The quantitative estimate of drug-likeness (QED) is 0.791. The molecule has 0 saturated heterocycles. The molecule has 1 N–H and O–H groups in total. The van der Waals surface area contributed by atoms with Crippen molar-refractivity contribution in [1.29, 1.82) is 0 Å². The Morgan fingerprint density at radius 3 is 2.95 bits per heavy atom. The van der Waals surface area contributed by atoms with Crippen molar-refractivity contribution in [2.24, 2.45) is 5.92 Å². The van der Waals surface area contributed by atoms with Gasteiger partial charge >= 0.3 is 5.97 Å². The second kappa shape index (κ2) is 6.43. The molecule has 0 radical (unpaired) electrons. The number of aryl methyl sites for hydroxylation is 1. The number of aliphatic hydroxyl groups is 1. The molecule has 0 aromatic heterocycles. The number of aliphatic hydroxyl groups excluding tert-OH is 1. The van der Waals surface area contributed by atoms with E-state index in [9.17, 15) is 9.90 Å². The highest BCUT2D eigenvalue weighted by atomic mass is 16.7. The van der Waals surface area contributed by atoms with Gasteiger partial charge < -0.3 is 19.3 Å². The van der Waals surface area contributed by atoms with E-state index in [4.69, 9.17) is 14.2 Å². The molecule has 0 spiro atoms. The van der Waals surface area contributed by atoms with Crippen LogP contribution in [0.3, 0.4) is 0 Å². The summed E-state index contributed by atoms with van der Waals surface area (Å²) in [5.74, 6) is 0.665. The highest BCUT2D eigenvalue weighted by Crippen LogP contribution is 2.33. The van der Waals surface area contributed by atoms with Gasteiger partial charge in [0.1, 0.15) is 0 Å². The topological polar surface area (TPSA) is 65.0 Å². The zero-order valence-electron chi connectivity index (χ0n) is 10.9. The highest BCUT2D eigenvalue weighted by molar-refractivity contribution is 5.72. The van der Waals surface area contributed by atoms with Crippen molar-refractivity contribution >= 4 is 5.97 Å². The van der Waals surface area contributed by atoms with E-state index in [-0.39, 0.29) is 19.4 Å². The van der Waals surface area contributed by atoms with Gasteiger partial charge in [-0.3, -0.25) is 4.79 Å². The first-order chi connectivity index (χ1) is 9.24. The Balaban J connectivity index is 1.92. The summed E-state index contributed by atoms with van der Waals surface area (Å²) in [4.78, 5) is 11.6. The first-order valence-corrected chi connectivity index (χ1v) is 6.40. The maximum absolute atomic E-state index is 11.6. The molecule has 0 aliphatic carbocycles. The summed E-state index contributed by atoms with van der Waals surface area (Å²) in [6, 6.07) is 5.70. The summed E-state index contributed by atoms with van der Waals surface area (Å²) in [6.07, 6.45) is 1.23. The van der Waals surface area contributed by atoms with Gasteiger partial charge in [-0.15, -0.1) is 0 Å². The van der Waals surface area contributed by atoms with Crippen LogP contribution in [0.4, 0.5) is 0 Å². The average molecular weight is 266 g/mol. The number of hydrogen-bond acceptors (Lipinski definition) is 5. The van der Waals surface area contributed by atoms with E-state index in [1.165, 1.54) is 0 Å². The zero-order valence-corrected chi connectivity index (χ0v) is 10.9. The van der Waals surface area contributed by atoms with Crippen LogP contribution in [0.2, 0.25) is 0 Å². The molecule has 1 aromatic rings. The number of benzene rings is 1. The van der Waals surface area contributed by atoms with Crippen LogP contribution in [0.1, 0.15) is 18.9 Å². The van der Waals surface area contributed by atoms with Gasteiger partial charge in [-0.1, -0.05) is 6.07 Å². The van der Waals surface area contributed by atoms with Crippen LogP contribution in [0.5, 0.6) is 11.5 Å². The van der Waals surface area contributed by atoms with Gasteiger partial charge in [0.15, 0.2) is 11.5 Å². The van der Waals surface area contributed by atoms with Crippen LogP contribution in [0, 0.1) is 5.92 Å². The molecule has 0 amide bonds. The van der Waals surface area contributed by atoms with Crippen LogP contribution in [0.15, 0.2) is 18.2 Å². The molecule has 0 unspecified atom stereocenters. The Labute approximate surface area is 112 Å². The fraction of sp³-hybridized carbons (Fsp3) is 0.500. The number of hydrogen-bond donors (Lipinski definition) is 1. The van der Waals surface area contributed by atoms with Crippen LogP contribution in [0.25, 0.3) is 0 Å². The number of rotatable bonds is 6. The van der Waals surface area contributed by atoms with Crippen molar-refractivity contribution in [2.45, 2.75) is 19.8 Å². The molecule has 1 heterocycles. The van der Waals surface area contributed by atoms with Crippen molar-refractivity contribution in [3.05, 3.63) is 23.8 Å². The van der Waals surface area contributed by atoms with Crippen LogP contribution < -0.4 is 9.47 Å². The Hall–Kier alpha value is -1.75. The van der Waals surface area contributed by atoms with Crippen molar-refractivity contribution in [1.82, 2.24) is 0 Å². The normalized spacial score (nSPS) is 14.2. The van der Waals surface area contributed by atoms with Crippen molar-refractivity contribution in [2.75, 3.05) is 20.0 Å². The summed E-state index contributed by atoms with van der Waals surface area (Å²) in [5, 5.41) is 9.21. The highest BCUT2D eigenvalue weighted by Gasteiger charge is 2.19. The molecular formula is C14H18O5. The maximum atomic E-state index is 11.6. The molecular weight excluding hydrogens is 248 g/mol. The first kappa shape index (κ1) is 13.7. The Kier molecular flexibility index (Phi) is 4.63. The fourth-order valence-electron chi connectivity index (χ4n) is 1.98. The molecule has 2 rings (SSSR count). The number of carbonyl (C=O) groups is 1. The second-order valence-electron chi connectivity index (χ2n) is 4.36. The minimum Gasteiger partial charge on any atom is -0.466 e. The fourth-order valence-corrected chi connectivity index (χ4v) is 1.98. The zero-order chi connectivity index (χ0) is 13.7. The van der Waals surface area contributed by atoms with E-state index < -0.39 is 5.92 Å². The monoisotopic (exact) mass is 266 g/mol. The molecule has 104 valence electrons. The molecule has 1 atom stereocenters. The van der Waals surface area contributed by atoms with Crippen molar-refractivity contribution in [3.63, 3.8) is 0 Å². The lowest BCUT2D eigenvalue weighted by atomic mass is 10.00. The third-order valence-electron chi connectivity index (χ3n) is 3.06.